The Morgan fingerprint density at radius 1 is 0.881 bits per heavy atom. The number of halogens is 1. The molecule has 1 atom stereocenters. The SMILES string of the molecule is COc1ccc2nc(NC(=O)C(Cc3ccccc3)NC(=O)c3cc(-c4ccccc4)nc4ccc(Cl)cc34)sc2c1. The largest absolute Gasteiger partial charge is 0.497 e. The van der Waals surface area contributed by atoms with Crippen molar-refractivity contribution in [3.63, 3.8) is 0 Å². The molecule has 208 valence electrons. The fraction of sp³-hybridized carbons (Fsp3) is 0.0909. The molecule has 2 N–H and O–H groups in total. The molecule has 6 aromatic rings. The smallest absolute Gasteiger partial charge is 0.252 e. The van der Waals surface area contributed by atoms with Crippen LogP contribution in [-0.4, -0.2) is 34.9 Å². The maximum absolute atomic E-state index is 13.9. The zero-order chi connectivity index (χ0) is 29.1. The molecule has 7 nitrogen and oxygen atoms in total. The summed E-state index contributed by atoms with van der Waals surface area (Å²) in [7, 11) is 1.60. The number of carbonyl (C=O) groups excluding carboxylic acids is 2. The molecule has 2 heterocycles. The average Bonchev–Trinajstić information content (AvgIpc) is 3.42. The van der Waals surface area contributed by atoms with E-state index in [0.29, 0.717) is 38.1 Å². The molecule has 0 spiro atoms. The van der Waals surface area contributed by atoms with Crippen LogP contribution in [0.4, 0.5) is 5.13 Å². The molecule has 42 heavy (non-hydrogen) atoms. The number of rotatable bonds is 8. The van der Waals surface area contributed by atoms with Crippen LogP contribution < -0.4 is 15.4 Å². The fourth-order valence-corrected chi connectivity index (χ4v) is 5.78. The van der Waals surface area contributed by atoms with E-state index in [1.54, 1.807) is 31.4 Å². The minimum Gasteiger partial charge on any atom is -0.497 e. The van der Waals surface area contributed by atoms with E-state index in [2.05, 4.69) is 15.6 Å². The fourth-order valence-electron chi connectivity index (χ4n) is 4.72. The second kappa shape index (κ2) is 12.0. The normalized spacial score (nSPS) is 11.8. The minimum absolute atomic E-state index is 0.284. The molecule has 1 unspecified atom stereocenters. The highest BCUT2D eigenvalue weighted by atomic mass is 35.5. The molecule has 2 aromatic heterocycles. The van der Waals surface area contributed by atoms with Crippen LogP contribution in [0.5, 0.6) is 5.75 Å². The summed E-state index contributed by atoms with van der Waals surface area (Å²) in [5, 5.41) is 7.40. The quantitative estimate of drug-likeness (QED) is 0.196. The third-order valence-electron chi connectivity index (χ3n) is 6.82. The van der Waals surface area contributed by atoms with E-state index in [-0.39, 0.29) is 12.3 Å². The van der Waals surface area contributed by atoms with E-state index >= 15 is 0 Å². The number of nitrogens with one attached hydrogen (secondary N) is 2. The Morgan fingerprint density at radius 3 is 2.38 bits per heavy atom. The van der Waals surface area contributed by atoms with E-state index in [1.165, 1.54) is 11.3 Å². The third-order valence-corrected chi connectivity index (χ3v) is 7.98. The van der Waals surface area contributed by atoms with Gasteiger partial charge in [0.05, 0.1) is 34.1 Å². The lowest BCUT2D eigenvalue weighted by molar-refractivity contribution is -0.118. The summed E-state index contributed by atoms with van der Waals surface area (Å²) in [5.41, 5.74) is 4.16. The van der Waals surface area contributed by atoms with Gasteiger partial charge in [-0.15, -0.1) is 0 Å². The lowest BCUT2D eigenvalue weighted by Crippen LogP contribution is -2.45. The summed E-state index contributed by atoms with van der Waals surface area (Å²) in [6.07, 6.45) is 0.284. The third kappa shape index (κ3) is 5.95. The van der Waals surface area contributed by atoms with Gasteiger partial charge in [-0.25, -0.2) is 9.97 Å². The van der Waals surface area contributed by atoms with E-state index in [0.717, 1.165) is 21.3 Å². The van der Waals surface area contributed by atoms with Crippen molar-refractivity contribution in [2.75, 3.05) is 12.4 Å². The predicted molar refractivity (Wildman–Crippen MR) is 168 cm³/mol. The molecule has 0 aliphatic rings. The Labute approximate surface area is 251 Å². The van der Waals surface area contributed by atoms with Gasteiger partial charge in [-0.2, -0.15) is 0 Å². The number of hydrogen-bond acceptors (Lipinski definition) is 6. The van der Waals surface area contributed by atoms with Gasteiger partial charge in [0, 0.05) is 22.4 Å². The van der Waals surface area contributed by atoms with Crippen molar-refractivity contribution in [3.05, 3.63) is 119 Å². The standard InChI is InChI=1S/C33H25ClN4O3S/c1-41-23-13-15-27-30(18-23)42-33(37-27)38-32(40)29(16-20-8-4-2-5-9-20)36-31(39)25-19-28(21-10-6-3-7-11-21)35-26-14-12-22(34)17-24(25)26/h2-15,17-19,29H,16H2,1H3,(H,36,39)(H,37,38,40). The number of methoxy groups -OCH3 is 1. The monoisotopic (exact) mass is 592 g/mol. The first-order valence-corrected chi connectivity index (χ1v) is 14.4. The van der Waals surface area contributed by atoms with Crippen molar-refractivity contribution < 1.29 is 14.3 Å². The van der Waals surface area contributed by atoms with Crippen molar-refractivity contribution in [3.8, 4) is 17.0 Å². The van der Waals surface area contributed by atoms with Crippen LogP contribution in [0, 0.1) is 0 Å². The molecule has 0 aliphatic carbocycles. The second-order valence-corrected chi connectivity index (χ2v) is 11.1. The molecule has 2 amide bonds. The van der Waals surface area contributed by atoms with Crippen LogP contribution in [0.2, 0.25) is 5.02 Å². The molecular formula is C33H25ClN4O3S. The molecule has 9 heteroatoms. The molecule has 0 fully saturated rings. The summed E-state index contributed by atoms with van der Waals surface area (Å²) >= 11 is 7.66. The Kier molecular flexibility index (Phi) is 7.81. The number of hydrogen-bond donors (Lipinski definition) is 2. The Hall–Kier alpha value is -4.79. The molecule has 0 saturated carbocycles. The van der Waals surface area contributed by atoms with Crippen LogP contribution >= 0.6 is 22.9 Å². The number of pyridine rings is 1. The summed E-state index contributed by atoms with van der Waals surface area (Å²) in [6.45, 7) is 0. The molecular weight excluding hydrogens is 568 g/mol. The number of benzene rings is 4. The van der Waals surface area contributed by atoms with Crippen LogP contribution in [0.3, 0.4) is 0 Å². The van der Waals surface area contributed by atoms with Gasteiger partial charge in [-0.1, -0.05) is 83.6 Å². The van der Waals surface area contributed by atoms with Crippen LogP contribution in [-0.2, 0) is 11.2 Å². The number of thiazole rings is 1. The summed E-state index contributed by atoms with van der Waals surface area (Å²) in [4.78, 5) is 36.9. The van der Waals surface area contributed by atoms with Gasteiger partial charge in [0.2, 0.25) is 5.91 Å². The zero-order valence-electron chi connectivity index (χ0n) is 22.5. The van der Waals surface area contributed by atoms with E-state index in [1.807, 2.05) is 78.9 Å². The number of nitrogens with zero attached hydrogens (tertiary/aromatic N) is 2. The number of ether oxygens (including phenoxy) is 1. The van der Waals surface area contributed by atoms with Gasteiger partial charge in [-0.05, 0) is 48.0 Å². The second-order valence-electron chi connectivity index (χ2n) is 9.64. The highest BCUT2D eigenvalue weighted by molar-refractivity contribution is 7.22. The maximum Gasteiger partial charge on any atom is 0.252 e. The maximum atomic E-state index is 13.9. The summed E-state index contributed by atoms with van der Waals surface area (Å²) in [5.74, 6) is -0.0809. The van der Waals surface area contributed by atoms with Gasteiger partial charge < -0.3 is 15.4 Å². The molecule has 0 aliphatic heterocycles. The van der Waals surface area contributed by atoms with Crippen LogP contribution in [0.1, 0.15) is 15.9 Å². The molecule has 0 bridgehead atoms. The van der Waals surface area contributed by atoms with Gasteiger partial charge in [0.1, 0.15) is 11.8 Å². The average molecular weight is 593 g/mol. The molecule has 0 radical (unpaired) electrons. The molecule has 0 saturated heterocycles. The zero-order valence-corrected chi connectivity index (χ0v) is 24.1. The molecule has 4 aromatic carbocycles. The van der Waals surface area contributed by atoms with Crippen molar-refractivity contribution >= 4 is 61.0 Å². The number of amides is 2. The van der Waals surface area contributed by atoms with Crippen LogP contribution in [0.15, 0.2) is 103 Å². The minimum atomic E-state index is -0.885. The van der Waals surface area contributed by atoms with E-state index in [9.17, 15) is 9.59 Å². The predicted octanol–water partition coefficient (Wildman–Crippen LogP) is 7.15. The van der Waals surface area contributed by atoms with Crippen molar-refractivity contribution in [1.29, 1.82) is 0 Å². The Morgan fingerprint density at radius 2 is 1.62 bits per heavy atom. The van der Waals surface area contributed by atoms with Crippen molar-refractivity contribution in [2.24, 2.45) is 0 Å². The molecule has 6 rings (SSSR count). The lowest BCUT2D eigenvalue weighted by atomic mass is 10.0. The van der Waals surface area contributed by atoms with Crippen molar-refractivity contribution in [1.82, 2.24) is 15.3 Å². The number of fused-ring (bicyclic) bond motifs is 2. The number of anilines is 1. The first kappa shape index (κ1) is 27.4. The summed E-state index contributed by atoms with van der Waals surface area (Å²) in [6, 6.07) is 30.8. The highest BCUT2D eigenvalue weighted by Gasteiger charge is 2.25. The van der Waals surface area contributed by atoms with Gasteiger partial charge in [-0.3, -0.25) is 9.59 Å². The van der Waals surface area contributed by atoms with Crippen LogP contribution in [0.25, 0.3) is 32.4 Å². The van der Waals surface area contributed by atoms with Crippen molar-refractivity contribution in [2.45, 2.75) is 12.5 Å². The summed E-state index contributed by atoms with van der Waals surface area (Å²) < 4.78 is 6.19. The Bertz CT molecular complexity index is 1910. The number of carbonyl (C=O) groups is 2. The van der Waals surface area contributed by atoms with Gasteiger partial charge in [0.25, 0.3) is 5.91 Å². The first-order chi connectivity index (χ1) is 20.5. The lowest BCUT2D eigenvalue weighted by Gasteiger charge is -2.19. The number of aromatic nitrogens is 2. The highest BCUT2D eigenvalue weighted by Crippen LogP contribution is 2.30. The van der Waals surface area contributed by atoms with Gasteiger partial charge in [0.15, 0.2) is 5.13 Å². The first-order valence-electron chi connectivity index (χ1n) is 13.2. The van der Waals surface area contributed by atoms with E-state index < -0.39 is 11.9 Å². The Balaban J connectivity index is 1.34. The topological polar surface area (TPSA) is 93.2 Å². The van der Waals surface area contributed by atoms with E-state index in [4.69, 9.17) is 21.3 Å². The van der Waals surface area contributed by atoms with Gasteiger partial charge >= 0.3 is 0 Å².